The van der Waals surface area contributed by atoms with Crippen molar-refractivity contribution in [3.8, 4) is 28.6 Å². The second-order valence-corrected chi connectivity index (χ2v) is 13.7. The highest BCUT2D eigenvalue weighted by Gasteiger charge is 2.32. The number of carbonyl (C=O) groups excluding carboxylic acids is 1. The van der Waals surface area contributed by atoms with E-state index in [-0.39, 0.29) is 23.8 Å². The molecule has 9 rings (SSSR count). The summed E-state index contributed by atoms with van der Waals surface area (Å²) in [6.07, 6.45) is 7.74. The third-order valence-electron chi connectivity index (χ3n) is 10.6. The molecule has 2 aromatic carbocycles. The van der Waals surface area contributed by atoms with Gasteiger partial charge < -0.3 is 19.9 Å². The van der Waals surface area contributed by atoms with Crippen LogP contribution in [0.15, 0.2) is 79.5 Å². The maximum atomic E-state index is 15.3. The molecule has 50 heavy (non-hydrogen) atoms. The van der Waals surface area contributed by atoms with E-state index in [1.807, 2.05) is 56.7 Å². The smallest absolute Gasteiger partial charge is 0.245 e. The summed E-state index contributed by atoms with van der Waals surface area (Å²) in [5.41, 5.74) is 3.50. The summed E-state index contributed by atoms with van der Waals surface area (Å²) < 4.78 is 25.3. The first-order valence-electron chi connectivity index (χ1n) is 17.7. The lowest BCUT2D eigenvalue weighted by atomic mass is 10.0. The van der Waals surface area contributed by atoms with Crippen LogP contribution in [0.5, 0.6) is 5.75 Å². The monoisotopic (exact) mass is 673 g/mol. The van der Waals surface area contributed by atoms with Crippen LogP contribution in [0.25, 0.3) is 34.1 Å². The van der Waals surface area contributed by atoms with Gasteiger partial charge in [-0.25, -0.2) is 19.0 Å². The maximum Gasteiger partial charge on any atom is 0.245 e. The molecule has 11 nitrogen and oxygen atoms in total. The number of nitrogens with zero attached hydrogens (tertiary/aromatic N) is 8. The molecule has 2 saturated heterocycles. The van der Waals surface area contributed by atoms with Gasteiger partial charge in [-0.2, -0.15) is 0 Å². The van der Waals surface area contributed by atoms with Crippen molar-refractivity contribution < 1.29 is 13.9 Å². The van der Waals surface area contributed by atoms with Crippen molar-refractivity contribution in [3.63, 3.8) is 0 Å². The molecule has 1 atom stereocenters. The molecule has 4 aliphatic rings. The predicted molar refractivity (Wildman–Crippen MR) is 189 cm³/mol. The van der Waals surface area contributed by atoms with Crippen LogP contribution in [0.3, 0.4) is 0 Å². The minimum absolute atomic E-state index is 0.0130. The number of nitrogens with one attached hydrogen (secondary N) is 1. The van der Waals surface area contributed by atoms with Gasteiger partial charge >= 0.3 is 0 Å². The van der Waals surface area contributed by atoms with Crippen LogP contribution in [0.4, 0.5) is 10.2 Å². The molecule has 12 heteroatoms. The van der Waals surface area contributed by atoms with E-state index in [9.17, 15) is 4.79 Å². The number of rotatable bonds is 8. The molecule has 1 unspecified atom stereocenters. The zero-order valence-electron chi connectivity index (χ0n) is 27.9. The number of amides is 1. The Balaban J connectivity index is 1.02. The number of aromatic nitrogens is 5. The van der Waals surface area contributed by atoms with Crippen LogP contribution in [-0.4, -0.2) is 98.0 Å². The number of hydrogen-bond acceptors (Lipinski definition) is 8. The number of ether oxygens (including phenoxy) is 1. The number of fused-ring (bicyclic) bond motifs is 2. The van der Waals surface area contributed by atoms with E-state index in [4.69, 9.17) is 19.8 Å². The Morgan fingerprint density at radius 3 is 2.52 bits per heavy atom. The molecule has 1 N–H and O–H groups in total. The largest absolute Gasteiger partial charge is 0.491 e. The molecule has 1 amide bonds. The van der Waals surface area contributed by atoms with Crippen molar-refractivity contribution in [1.82, 2.24) is 39.4 Å². The fourth-order valence-corrected chi connectivity index (χ4v) is 7.67. The molecular weight excluding hydrogens is 633 g/mol. The molecule has 256 valence electrons. The van der Waals surface area contributed by atoms with Gasteiger partial charge in [-0.15, -0.1) is 5.10 Å². The second-order valence-electron chi connectivity index (χ2n) is 13.7. The quantitative estimate of drug-likeness (QED) is 0.233. The van der Waals surface area contributed by atoms with Gasteiger partial charge in [0.1, 0.15) is 29.5 Å². The standard InChI is InChI=1S/C38H40FN9O2/c1-2-36(49)46-16-13-25(14-17-46)40-32-24-50-33-23-27(9-10-29(32)33)48-37(28-5-3-4-6-30(28)39)41-31-11-12-34(42-38(31)48)47-18-15-35(43-47)45-21-19-44(20-22-45)26-7-8-26/h2-6,9-12,15,18,23,25-26,32,40H,1,7-8,13-14,16-17,19-22,24H2. The van der Waals surface area contributed by atoms with Gasteiger partial charge in [-0.3, -0.25) is 14.3 Å². The fraction of sp³-hybridized carbons (Fsp3) is 0.368. The lowest BCUT2D eigenvalue weighted by Crippen LogP contribution is -2.47. The van der Waals surface area contributed by atoms with E-state index in [0.29, 0.717) is 48.1 Å². The number of likely N-dealkylation sites (tertiary alicyclic amines) is 1. The number of piperidine rings is 1. The van der Waals surface area contributed by atoms with Crippen LogP contribution >= 0.6 is 0 Å². The van der Waals surface area contributed by atoms with Crippen molar-refractivity contribution >= 4 is 22.9 Å². The van der Waals surface area contributed by atoms with Crippen molar-refractivity contribution in [2.24, 2.45) is 0 Å². The van der Waals surface area contributed by atoms with E-state index in [1.165, 1.54) is 25.0 Å². The summed E-state index contributed by atoms with van der Waals surface area (Å²) in [5, 5.41) is 8.68. The lowest BCUT2D eigenvalue weighted by Gasteiger charge is -2.34. The molecule has 3 aromatic heterocycles. The number of piperazine rings is 1. The van der Waals surface area contributed by atoms with E-state index in [0.717, 1.165) is 67.9 Å². The van der Waals surface area contributed by atoms with E-state index in [1.54, 1.807) is 12.1 Å². The first kappa shape index (κ1) is 30.9. The third kappa shape index (κ3) is 5.71. The lowest BCUT2D eigenvalue weighted by molar-refractivity contribution is -0.127. The Morgan fingerprint density at radius 2 is 1.74 bits per heavy atom. The zero-order chi connectivity index (χ0) is 33.8. The average molecular weight is 674 g/mol. The molecule has 1 aliphatic carbocycles. The molecule has 3 aliphatic heterocycles. The van der Waals surface area contributed by atoms with Crippen LogP contribution in [0, 0.1) is 5.82 Å². The molecule has 1 saturated carbocycles. The molecular formula is C38H40FN9O2. The van der Waals surface area contributed by atoms with Crippen molar-refractivity contribution in [2.75, 3.05) is 50.8 Å². The summed E-state index contributed by atoms with van der Waals surface area (Å²) in [6, 6.07) is 19.8. The predicted octanol–water partition coefficient (Wildman–Crippen LogP) is 4.90. The summed E-state index contributed by atoms with van der Waals surface area (Å²) in [7, 11) is 0. The second kappa shape index (κ2) is 12.7. The number of hydrogen-bond donors (Lipinski definition) is 1. The van der Waals surface area contributed by atoms with Crippen LogP contribution in [0.2, 0.25) is 0 Å². The number of halogens is 1. The summed E-state index contributed by atoms with van der Waals surface area (Å²) >= 11 is 0. The Morgan fingerprint density at radius 1 is 0.920 bits per heavy atom. The Hall–Kier alpha value is -5.07. The number of benzene rings is 2. The van der Waals surface area contributed by atoms with Gasteiger partial charge in [0.2, 0.25) is 5.91 Å². The van der Waals surface area contributed by atoms with Crippen molar-refractivity contribution in [1.29, 1.82) is 0 Å². The van der Waals surface area contributed by atoms with Gasteiger partial charge in [0.05, 0.1) is 17.3 Å². The van der Waals surface area contributed by atoms with Gasteiger partial charge in [0.25, 0.3) is 0 Å². The fourth-order valence-electron chi connectivity index (χ4n) is 7.67. The molecule has 6 heterocycles. The highest BCUT2D eigenvalue weighted by Crippen LogP contribution is 2.38. The highest BCUT2D eigenvalue weighted by atomic mass is 19.1. The zero-order valence-corrected chi connectivity index (χ0v) is 27.9. The minimum Gasteiger partial charge on any atom is -0.491 e. The van der Waals surface area contributed by atoms with Crippen molar-refractivity contribution in [3.05, 3.63) is 90.9 Å². The topological polar surface area (TPSA) is 96.6 Å². The molecule has 5 aromatic rings. The van der Waals surface area contributed by atoms with E-state index >= 15 is 4.39 Å². The number of pyridine rings is 1. The van der Waals surface area contributed by atoms with Gasteiger partial charge in [0.15, 0.2) is 17.3 Å². The van der Waals surface area contributed by atoms with Gasteiger partial charge in [-0.05, 0) is 62.1 Å². The summed E-state index contributed by atoms with van der Waals surface area (Å²) in [6.45, 7) is 9.61. The maximum absolute atomic E-state index is 15.3. The molecule has 3 fully saturated rings. The van der Waals surface area contributed by atoms with E-state index < -0.39 is 0 Å². The Kier molecular flexibility index (Phi) is 7.84. The van der Waals surface area contributed by atoms with E-state index in [2.05, 4.69) is 27.8 Å². The Labute approximate surface area is 290 Å². The van der Waals surface area contributed by atoms with Crippen molar-refractivity contribution in [2.45, 2.75) is 43.8 Å². The molecule has 0 bridgehead atoms. The SMILES string of the molecule is C=CC(=O)N1CCC(NC2COc3cc(-n4c(-c5ccccc5F)nc5ccc(-n6ccc(N7CCN(C8CC8)CC7)n6)nc54)ccc32)CC1. The normalized spacial score (nSPS) is 19.9. The number of imidazole rings is 1. The number of carbonyl (C=O) groups is 1. The summed E-state index contributed by atoms with van der Waals surface area (Å²) in [5.74, 6) is 2.47. The van der Waals surface area contributed by atoms with Crippen LogP contribution < -0.4 is 15.0 Å². The van der Waals surface area contributed by atoms with Gasteiger partial charge in [-0.1, -0.05) is 24.8 Å². The highest BCUT2D eigenvalue weighted by molar-refractivity contribution is 5.87. The first-order valence-corrected chi connectivity index (χ1v) is 17.7. The third-order valence-corrected chi connectivity index (χ3v) is 10.6. The molecule has 0 radical (unpaired) electrons. The summed E-state index contributed by atoms with van der Waals surface area (Å²) in [4.78, 5) is 28.8. The first-order chi connectivity index (χ1) is 24.5. The average Bonchev–Trinajstić information content (AvgIpc) is 3.57. The van der Waals surface area contributed by atoms with Crippen LogP contribution in [-0.2, 0) is 4.79 Å². The Bertz CT molecular complexity index is 2070. The minimum atomic E-state index is -0.356. The molecule has 0 spiro atoms. The number of anilines is 1. The van der Waals surface area contributed by atoms with Crippen LogP contribution in [0.1, 0.15) is 37.3 Å². The van der Waals surface area contributed by atoms with Gasteiger partial charge in [0, 0.05) is 75.2 Å².